The van der Waals surface area contributed by atoms with Crippen molar-refractivity contribution in [2.45, 2.75) is 58.9 Å². The van der Waals surface area contributed by atoms with E-state index in [0.29, 0.717) is 6.04 Å². The maximum atomic E-state index is 5.66. The molecule has 0 saturated carbocycles. The van der Waals surface area contributed by atoms with Gasteiger partial charge in [0.2, 0.25) is 0 Å². The molecule has 0 aromatic heterocycles. The summed E-state index contributed by atoms with van der Waals surface area (Å²) in [5, 5.41) is 3.46. The van der Waals surface area contributed by atoms with Crippen molar-refractivity contribution in [1.82, 2.24) is 5.32 Å². The minimum absolute atomic E-state index is 0.359. The maximum Gasteiger partial charge on any atom is 0.126 e. The Morgan fingerprint density at radius 1 is 1.25 bits per heavy atom. The van der Waals surface area contributed by atoms with E-state index >= 15 is 0 Å². The lowest BCUT2D eigenvalue weighted by atomic mass is 9.93. The predicted molar refractivity (Wildman–Crippen MR) is 90.7 cm³/mol. The molecule has 1 aromatic carbocycles. The van der Waals surface area contributed by atoms with Crippen LogP contribution in [0.15, 0.2) is 10.5 Å². The largest absolute Gasteiger partial charge is 0.496 e. The summed E-state index contributed by atoms with van der Waals surface area (Å²) in [5.74, 6) is 1.03. The van der Waals surface area contributed by atoms with Crippen molar-refractivity contribution >= 4 is 15.9 Å². The third-order valence-electron chi connectivity index (χ3n) is 3.96. The van der Waals surface area contributed by atoms with Crippen molar-refractivity contribution in [2.75, 3.05) is 14.2 Å². The van der Waals surface area contributed by atoms with Crippen LogP contribution in [-0.4, -0.2) is 14.2 Å². The van der Waals surface area contributed by atoms with Crippen LogP contribution in [0.2, 0.25) is 0 Å². The Labute approximate surface area is 132 Å². The smallest absolute Gasteiger partial charge is 0.126 e. The second kappa shape index (κ2) is 8.68. The second-order valence-electron chi connectivity index (χ2n) is 5.44. The highest BCUT2D eigenvalue weighted by molar-refractivity contribution is 9.10. The van der Waals surface area contributed by atoms with Crippen molar-refractivity contribution in [1.29, 1.82) is 0 Å². The Kier molecular flexibility index (Phi) is 7.60. The zero-order chi connectivity index (χ0) is 15.1. The SMILES string of the molecule is CCCCCCC(NC)c1c(C)c(Br)cc(C)c1OC. The zero-order valence-corrected chi connectivity index (χ0v) is 15.1. The predicted octanol–water partition coefficient (Wildman–Crippen LogP) is 5.31. The lowest BCUT2D eigenvalue weighted by molar-refractivity contribution is 0.392. The molecular weight excluding hydrogens is 314 g/mol. The van der Waals surface area contributed by atoms with Crippen molar-refractivity contribution < 1.29 is 4.74 Å². The van der Waals surface area contributed by atoms with E-state index in [4.69, 9.17) is 4.74 Å². The van der Waals surface area contributed by atoms with Gasteiger partial charge >= 0.3 is 0 Å². The maximum absolute atomic E-state index is 5.66. The van der Waals surface area contributed by atoms with Gasteiger partial charge in [0.25, 0.3) is 0 Å². The van der Waals surface area contributed by atoms with Gasteiger partial charge in [0, 0.05) is 16.1 Å². The molecule has 114 valence electrons. The third-order valence-corrected chi connectivity index (χ3v) is 4.78. The molecule has 1 aromatic rings. The lowest BCUT2D eigenvalue weighted by Gasteiger charge is -2.24. The average molecular weight is 342 g/mol. The van der Waals surface area contributed by atoms with Crippen molar-refractivity contribution in [3.63, 3.8) is 0 Å². The molecule has 0 amide bonds. The van der Waals surface area contributed by atoms with Crippen molar-refractivity contribution in [3.8, 4) is 5.75 Å². The van der Waals surface area contributed by atoms with Crippen LogP contribution in [0.3, 0.4) is 0 Å². The number of methoxy groups -OCH3 is 1. The summed E-state index contributed by atoms with van der Waals surface area (Å²) in [6.07, 6.45) is 6.33. The molecule has 1 N–H and O–H groups in total. The standard InChI is InChI=1S/C17H28BrNO/c1-6-7-8-9-10-15(19-4)16-13(3)14(18)11-12(2)17(16)20-5/h11,15,19H,6-10H2,1-5H3. The van der Waals surface area contributed by atoms with E-state index in [1.165, 1.54) is 46.8 Å². The number of rotatable bonds is 8. The normalized spacial score (nSPS) is 12.5. The van der Waals surface area contributed by atoms with Gasteiger partial charge in [-0.3, -0.25) is 0 Å². The molecule has 0 aliphatic rings. The number of ether oxygens (including phenoxy) is 1. The number of unbranched alkanes of at least 4 members (excludes halogenated alkanes) is 3. The first-order chi connectivity index (χ1) is 9.56. The number of aryl methyl sites for hydroxylation is 1. The Bertz CT molecular complexity index is 431. The monoisotopic (exact) mass is 341 g/mol. The first-order valence-electron chi connectivity index (χ1n) is 7.57. The zero-order valence-electron chi connectivity index (χ0n) is 13.5. The van der Waals surface area contributed by atoms with Crippen LogP contribution in [0.5, 0.6) is 5.75 Å². The summed E-state index contributed by atoms with van der Waals surface area (Å²) in [6, 6.07) is 2.50. The minimum atomic E-state index is 0.359. The number of benzene rings is 1. The molecule has 3 heteroatoms. The molecule has 20 heavy (non-hydrogen) atoms. The summed E-state index contributed by atoms with van der Waals surface area (Å²) in [7, 11) is 3.81. The molecule has 0 spiro atoms. The van der Waals surface area contributed by atoms with Gasteiger partial charge in [0.15, 0.2) is 0 Å². The molecule has 0 aliphatic carbocycles. The first-order valence-corrected chi connectivity index (χ1v) is 8.36. The number of hydrogen-bond donors (Lipinski definition) is 1. The highest BCUT2D eigenvalue weighted by Crippen LogP contribution is 2.38. The summed E-state index contributed by atoms with van der Waals surface area (Å²) < 4.78 is 6.83. The molecule has 0 fully saturated rings. The van der Waals surface area contributed by atoms with Crippen molar-refractivity contribution in [3.05, 3.63) is 27.2 Å². The molecule has 0 saturated heterocycles. The summed E-state index contributed by atoms with van der Waals surface area (Å²) in [4.78, 5) is 0. The van der Waals surface area contributed by atoms with Gasteiger partial charge in [-0.2, -0.15) is 0 Å². The van der Waals surface area contributed by atoms with Gasteiger partial charge in [-0.25, -0.2) is 0 Å². The molecule has 1 atom stereocenters. The quantitative estimate of drug-likeness (QED) is 0.647. The molecule has 1 unspecified atom stereocenters. The molecule has 1 rings (SSSR count). The molecule has 0 aliphatic heterocycles. The molecule has 2 nitrogen and oxygen atoms in total. The van der Waals surface area contributed by atoms with E-state index in [1.807, 2.05) is 7.05 Å². The Morgan fingerprint density at radius 3 is 2.50 bits per heavy atom. The first kappa shape index (κ1) is 17.5. The fraction of sp³-hybridized carbons (Fsp3) is 0.647. The summed E-state index contributed by atoms with van der Waals surface area (Å²) in [6.45, 7) is 6.52. The Morgan fingerprint density at radius 2 is 1.95 bits per heavy atom. The lowest BCUT2D eigenvalue weighted by Crippen LogP contribution is -2.19. The van der Waals surface area contributed by atoms with E-state index in [0.717, 1.165) is 12.2 Å². The summed E-state index contributed by atoms with van der Waals surface area (Å²) >= 11 is 3.67. The number of halogens is 1. The molecule has 0 heterocycles. The van der Waals surface area contributed by atoms with E-state index in [1.54, 1.807) is 7.11 Å². The molecule has 0 bridgehead atoms. The topological polar surface area (TPSA) is 21.3 Å². The third kappa shape index (κ3) is 4.23. The van der Waals surface area contributed by atoms with Crippen LogP contribution in [0.1, 0.15) is 61.8 Å². The van der Waals surface area contributed by atoms with E-state index in [-0.39, 0.29) is 0 Å². The van der Waals surface area contributed by atoms with Gasteiger partial charge in [-0.1, -0.05) is 48.5 Å². The minimum Gasteiger partial charge on any atom is -0.496 e. The van der Waals surface area contributed by atoms with Crippen molar-refractivity contribution in [2.24, 2.45) is 0 Å². The fourth-order valence-corrected chi connectivity index (χ4v) is 3.33. The van der Waals surface area contributed by atoms with Gasteiger partial charge in [-0.05, 0) is 44.5 Å². The Hall–Kier alpha value is -0.540. The average Bonchev–Trinajstić information content (AvgIpc) is 2.43. The van der Waals surface area contributed by atoms with E-state index in [9.17, 15) is 0 Å². The van der Waals surface area contributed by atoms with Crippen LogP contribution in [0.25, 0.3) is 0 Å². The number of nitrogens with one attached hydrogen (secondary N) is 1. The molecular formula is C17H28BrNO. The van der Waals surface area contributed by atoms with Gasteiger partial charge < -0.3 is 10.1 Å². The van der Waals surface area contributed by atoms with E-state index < -0.39 is 0 Å². The highest BCUT2D eigenvalue weighted by atomic mass is 79.9. The fourth-order valence-electron chi connectivity index (χ4n) is 2.77. The second-order valence-corrected chi connectivity index (χ2v) is 6.29. The van der Waals surface area contributed by atoms with Gasteiger partial charge in [-0.15, -0.1) is 0 Å². The van der Waals surface area contributed by atoms with Crippen LogP contribution in [-0.2, 0) is 0 Å². The van der Waals surface area contributed by atoms with Crippen LogP contribution < -0.4 is 10.1 Å². The Balaban J connectivity index is 3.01. The molecule has 0 radical (unpaired) electrons. The van der Waals surface area contributed by atoms with Crippen LogP contribution in [0, 0.1) is 13.8 Å². The summed E-state index contributed by atoms with van der Waals surface area (Å²) in [5.41, 5.74) is 3.77. The van der Waals surface area contributed by atoms with Crippen LogP contribution in [0.4, 0.5) is 0 Å². The highest BCUT2D eigenvalue weighted by Gasteiger charge is 2.20. The number of hydrogen-bond acceptors (Lipinski definition) is 2. The van der Waals surface area contributed by atoms with Crippen LogP contribution >= 0.6 is 15.9 Å². The van der Waals surface area contributed by atoms with Gasteiger partial charge in [0.05, 0.1) is 7.11 Å². The van der Waals surface area contributed by atoms with E-state index in [2.05, 4.69) is 48.1 Å². The van der Waals surface area contributed by atoms with Gasteiger partial charge in [0.1, 0.15) is 5.75 Å².